The van der Waals surface area contributed by atoms with E-state index in [2.05, 4.69) is 85.8 Å². The van der Waals surface area contributed by atoms with Crippen molar-refractivity contribution in [3.63, 3.8) is 0 Å². The van der Waals surface area contributed by atoms with Gasteiger partial charge in [0.25, 0.3) is 0 Å². The summed E-state index contributed by atoms with van der Waals surface area (Å²) in [6, 6.07) is 38.9. The lowest BCUT2D eigenvalue weighted by atomic mass is 9.91. The number of oxazole rings is 1. The zero-order chi connectivity index (χ0) is 24.7. The molecule has 1 heterocycles. The predicted octanol–water partition coefficient (Wildman–Crippen LogP) is 8.84. The van der Waals surface area contributed by atoms with E-state index in [1.54, 1.807) is 0 Å². The van der Waals surface area contributed by atoms with Gasteiger partial charge in [-0.2, -0.15) is 0 Å². The first-order valence-corrected chi connectivity index (χ1v) is 12.9. The monoisotopic (exact) mass is 471 g/mol. The zero-order valence-electron chi connectivity index (χ0n) is 21.2. The highest BCUT2D eigenvalue weighted by Gasteiger charge is 2.11. The molecular formula is C34H33NO. The fraction of sp³-hybridized carbons (Fsp3) is 0.206. The highest BCUT2D eigenvalue weighted by atomic mass is 16.4. The van der Waals surface area contributed by atoms with Crippen LogP contribution in [0.5, 0.6) is 0 Å². The molecule has 1 atom stereocenters. The molecule has 0 aliphatic heterocycles. The van der Waals surface area contributed by atoms with E-state index in [4.69, 9.17) is 9.40 Å². The van der Waals surface area contributed by atoms with Gasteiger partial charge in [0, 0.05) is 5.56 Å². The van der Waals surface area contributed by atoms with Gasteiger partial charge in [-0.25, -0.2) is 4.98 Å². The van der Waals surface area contributed by atoms with Gasteiger partial charge in [0.2, 0.25) is 5.89 Å². The minimum absolute atomic E-state index is 0.481. The molecule has 180 valence electrons. The predicted molar refractivity (Wildman–Crippen MR) is 149 cm³/mol. The lowest BCUT2D eigenvalue weighted by molar-refractivity contribution is 0.538. The molecule has 0 spiro atoms. The molecule has 4 aromatic carbocycles. The van der Waals surface area contributed by atoms with Gasteiger partial charge in [0.05, 0.1) is 5.69 Å². The van der Waals surface area contributed by atoms with E-state index in [9.17, 15) is 0 Å². The van der Waals surface area contributed by atoms with Crippen molar-refractivity contribution < 1.29 is 4.42 Å². The highest BCUT2D eigenvalue weighted by Crippen LogP contribution is 2.26. The van der Waals surface area contributed by atoms with E-state index in [1.165, 1.54) is 27.8 Å². The van der Waals surface area contributed by atoms with Gasteiger partial charge in [0.15, 0.2) is 0 Å². The van der Waals surface area contributed by atoms with Crippen LogP contribution in [0.2, 0.25) is 0 Å². The molecule has 2 nitrogen and oxygen atoms in total. The molecule has 0 amide bonds. The van der Waals surface area contributed by atoms with Crippen molar-refractivity contribution >= 4 is 0 Å². The SMILES string of the molecule is Cc1oc(-c2ccccc2)nc1CCCc1ccc(CC(C)c2ccc(-c3ccccc3)cc2)cc1. The fourth-order valence-corrected chi connectivity index (χ4v) is 4.77. The van der Waals surface area contributed by atoms with Crippen molar-refractivity contribution in [3.8, 4) is 22.6 Å². The smallest absolute Gasteiger partial charge is 0.226 e. The third kappa shape index (κ3) is 5.83. The molecule has 0 saturated heterocycles. The van der Waals surface area contributed by atoms with Crippen molar-refractivity contribution in [2.75, 3.05) is 0 Å². The number of aryl methyl sites for hydroxylation is 3. The Balaban J connectivity index is 1.13. The Morgan fingerprint density at radius 2 is 1.22 bits per heavy atom. The first kappa shape index (κ1) is 23.8. The maximum absolute atomic E-state index is 5.91. The maximum atomic E-state index is 5.91. The van der Waals surface area contributed by atoms with E-state index in [0.29, 0.717) is 5.92 Å². The quantitative estimate of drug-likeness (QED) is 0.215. The first-order chi connectivity index (χ1) is 17.7. The van der Waals surface area contributed by atoms with Crippen LogP contribution in [-0.2, 0) is 19.3 Å². The Labute approximate surface area is 214 Å². The van der Waals surface area contributed by atoms with Crippen LogP contribution in [-0.4, -0.2) is 4.98 Å². The van der Waals surface area contributed by atoms with Gasteiger partial charge < -0.3 is 4.42 Å². The normalized spacial score (nSPS) is 11.9. The Hall–Kier alpha value is -3.91. The van der Waals surface area contributed by atoms with Crippen molar-refractivity contribution in [1.82, 2.24) is 4.98 Å². The zero-order valence-corrected chi connectivity index (χ0v) is 21.2. The van der Waals surface area contributed by atoms with Crippen LogP contribution in [0.3, 0.4) is 0 Å². The van der Waals surface area contributed by atoms with E-state index >= 15 is 0 Å². The summed E-state index contributed by atoms with van der Waals surface area (Å²) in [6.07, 6.45) is 4.08. The molecule has 0 fully saturated rings. The Morgan fingerprint density at radius 3 is 1.89 bits per heavy atom. The summed E-state index contributed by atoms with van der Waals surface area (Å²) < 4.78 is 5.91. The number of nitrogens with zero attached hydrogens (tertiary/aromatic N) is 1. The summed E-state index contributed by atoms with van der Waals surface area (Å²) in [5, 5.41) is 0. The van der Waals surface area contributed by atoms with Crippen LogP contribution in [0.25, 0.3) is 22.6 Å². The van der Waals surface area contributed by atoms with E-state index in [0.717, 1.165) is 48.6 Å². The summed E-state index contributed by atoms with van der Waals surface area (Å²) in [5.74, 6) is 2.13. The second-order valence-corrected chi connectivity index (χ2v) is 9.65. The molecule has 0 radical (unpaired) electrons. The third-order valence-electron chi connectivity index (χ3n) is 6.94. The summed E-state index contributed by atoms with van der Waals surface area (Å²) >= 11 is 0. The molecular weight excluding hydrogens is 438 g/mol. The Morgan fingerprint density at radius 1 is 0.639 bits per heavy atom. The molecule has 0 bridgehead atoms. The van der Waals surface area contributed by atoms with Crippen LogP contribution in [0, 0.1) is 6.92 Å². The average Bonchev–Trinajstić information content (AvgIpc) is 3.31. The van der Waals surface area contributed by atoms with Crippen LogP contribution in [0.1, 0.15) is 47.4 Å². The van der Waals surface area contributed by atoms with E-state index in [1.807, 2.05) is 37.3 Å². The maximum Gasteiger partial charge on any atom is 0.226 e. The standard InChI is InChI=1S/C34H33NO/c1-25(29-20-22-31(23-21-29)30-11-5-3-6-12-30)24-28-18-16-27(17-19-28)10-9-15-33-26(2)36-34(35-33)32-13-7-4-8-14-32/h3-8,11-14,16-23,25H,9-10,15,24H2,1-2H3. The fourth-order valence-electron chi connectivity index (χ4n) is 4.77. The molecule has 1 unspecified atom stereocenters. The van der Waals surface area contributed by atoms with Crippen molar-refractivity contribution in [3.05, 3.63) is 137 Å². The number of aromatic nitrogens is 1. The van der Waals surface area contributed by atoms with E-state index < -0.39 is 0 Å². The molecule has 0 aliphatic carbocycles. The number of hydrogen-bond donors (Lipinski definition) is 0. The molecule has 36 heavy (non-hydrogen) atoms. The molecule has 2 heteroatoms. The average molecular weight is 472 g/mol. The molecule has 0 aliphatic rings. The van der Waals surface area contributed by atoms with Crippen LogP contribution in [0.4, 0.5) is 0 Å². The topological polar surface area (TPSA) is 26.0 Å². The van der Waals surface area contributed by atoms with Gasteiger partial charge in [-0.3, -0.25) is 0 Å². The van der Waals surface area contributed by atoms with Crippen molar-refractivity contribution in [2.45, 2.75) is 45.4 Å². The summed E-state index contributed by atoms with van der Waals surface area (Å²) in [4.78, 5) is 4.74. The molecule has 0 N–H and O–H groups in total. The Kier molecular flexibility index (Phi) is 7.42. The van der Waals surface area contributed by atoms with Gasteiger partial charge in [-0.05, 0) is 78.5 Å². The van der Waals surface area contributed by atoms with Crippen LogP contribution < -0.4 is 0 Å². The second kappa shape index (κ2) is 11.2. The largest absolute Gasteiger partial charge is 0.441 e. The van der Waals surface area contributed by atoms with Gasteiger partial charge in [-0.1, -0.05) is 104 Å². The highest BCUT2D eigenvalue weighted by molar-refractivity contribution is 5.63. The number of rotatable bonds is 9. The van der Waals surface area contributed by atoms with E-state index in [-0.39, 0.29) is 0 Å². The minimum Gasteiger partial charge on any atom is -0.441 e. The molecule has 1 aromatic heterocycles. The molecule has 0 saturated carbocycles. The minimum atomic E-state index is 0.481. The van der Waals surface area contributed by atoms with Gasteiger partial charge in [0.1, 0.15) is 5.76 Å². The van der Waals surface area contributed by atoms with Crippen LogP contribution >= 0.6 is 0 Å². The lowest BCUT2D eigenvalue weighted by Gasteiger charge is -2.13. The van der Waals surface area contributed by atoms with Crippen molar-refractivity contribution in [1.29, 1.82) is 0 Å². The van der Waals surface area contributed by atoms with Crippen molar-refractivity contribution in [2.24, 2.45) is 0 Å². The summed E-state index contributed by atoms with van der Waals surface area (Å²) in [6.45, 7) is 4.33. The molecule has 5 rings (SSSR count). The number of hydrogen-bond acceptors (Lipinski definition) is 2. The second-order valence-electron chi connectivity index (χ2n) is 9.65. The Bertz CT molecular complexity index is 1370. The summed E-state index contributed by atoms with van der Waals surface area (Å²) in [7, 11) is 0. The van der Waals surface area contributed by atoms with Crippen LogP contribution in [0.15, 0.2) is 114 Å². The first-order valence-electron chi connectivity index (χ1n) is 12.9. The summed E-state index contributed by atoms with van der Waals surface area (Å²) in [5.41, 5.74) is 8.79. The van der Waals surface area contributed by atoms with Gasteiger partial charge in [-0.15, -0.1) is 0 Å². The number of benzene rings is 4. The van der Waals surface area contributed by atoms with Gasteiger partial charge >= 0.3 is 0 Å². The molecule has 5 aromatic rings. The third-order valence-corrected chi connectivity index (χ3v) is 6.94. The lowest BCUT2D eigenvalue weighted by Crippen LogP contribution is -1.99.